The number of unbranched alkanes of at least 4 members (excludes halogenated alkanes) is 2. The first-order valence-electron chi connectivity index (χ1n) is 5.97. The molecule has 0 aliphatic carbocycles. The lowest BCUT2D eigenvalue weighted by molar-refractivity contribution is -0.141. The van der Waals surface area contributed by atoms with Gasteiger partial charge in [-0.1, -0.05) is 46.5 Å². The van der Waals surface area contributed by atoms with Crippen molar-refractivity contribution in [2.75, 3.05) is 0 Å². The molecule has 0 fully saturated rings. The van der Waals surface area contributed by atoms with Gasteiger partial charge in [-0.25, -0.2) is 0 Å². The van der Waals surface area contributed by atoms with E-state index in [2.05, 4.69) is 13.8 Å². The van der Waals surface area contributed by atoms with E-state index in [9.17, 15) is 4.79 Å². The summed E-state index contributed by atoms with van der Waals surface area (Å²) >= 11 is 0. The van der Waals surface area contributed by atoms with Crippen LogP contribution in [0.5, 0.6) is 0 Å². The number of aliphatic carboxylic acids is 1. The van der Waals surface area contributed by atoms with E-state index in [1.54, 1.807) is 6.92 Å². The minimum Gasteiger partial charge on any atom is -0.481 e. The molecule has 0 spiro atoms. The molecule has 0 aliphatic rings. The van der Waals surface area contributed by atoms with E-state index in [1.165, 1.54) is 19.3 Å². The zero-order valence-corrected chi connectivity index (χ0v) is 10.2. The molecule has 0 aliphatic heterocycles. The monoisotopic (exact) mass is 215 g/mol. The third-order valence-corrected chi connectivity index (χ3v) is 3.01. The number of carboxylic acid groups (broad SMARTS) is 1. The topological polar surface area (TPSA) is 63.3 Å². The summed E-state index contributed by atoms with van der Waals surface area (Å²) in [6.45, 7) is 6.03. The first kappa shape index (κ1) is 14.4. The van der Waals surface area contributed by atoms with Crippen LogP contribution in [0.1, 0.15) is 52.9 Å². The van der Waals surface area contributed by atoms with Crippen molar-refractivity contribution < 1.29 is 9.90 Å². The third kappa shape index (κ3) is 6.50. The first-order chi connectivity index (χ1) is 6.99. The van der Waals surface area contributed by atoms with Crippen molar-refractivity contribution in [3.63, 3.8) is 0 Å². The second-order valence-electron chi connectivity index (χ2n) is 4.63. The number of rotatable bonds is 8. The van der Waals surface area contributed by atoms with Crippen molar-refractivity contribution in [1.82, 2.24) is 0 Å². The van der Waals surface area contributed by atoms with E-state index in [-0.39, 0.29) is 6.04 Å². The standard InChI is InChI=1S/C12H25NO2/c1-4-5-6-7-9(2)8-11(13)10(3)12(14)15/h9-11H,4-8,13H2,1-3H3,(H,14,15)/t9-,10?,11-/m0/s1. The van der Waals surface area contributed by atoms with Crippen molar-refractivity contribution >= 4 is 5.97 Å². The van der Waals surface area contributed by atoms with Gasteiger partial charge in [0.1, 0.15) is 0 Å². The molecule has 0 heterocycles. The van der Waals surface area contributed by atoms with Gasteiger partial charge in [-0.15, -0.1) is 0 Å². The predicted molar refractivity (Wildman–Crippen MR) is 62.7 cm³/mol. The van der Waals surface area contributed by atoms with Crippen LogP contribution in [0, 0.1) is 11.8 Å². The van der Waals surface area contributed by atoms with Crippen molar-refractivity contribution in [3.8, 4) is 0 Å². The van der Waals surface area contributed by atoms with Gasteiger partial charge >= 0.3 is 5.97 Å². The highest BCUT2D eigenvalue weighted by molar-refractivity contribution is 5.70. The fourth-order valence-electron chi connectivity index (χ4n) is 1.71. The average Bonchev–Trinajstić information content (AvgIpc) is 2.16. The van der Waals surface area contributed by atoms with Gasteiger partial charge in [-0.05, 0) is 12.3 Å². The number of hydrogen-bond donors (Lipinski definition) is 2. The molecule has 3 atom stereocenters. The molecule has 0 radical (unpaired) electrons. The van der Waals surface area contributed by atoms with Crippen LogP contribution in [-0.2, 0) is 4.79 Å². The van der Waals surface area contributed by atoms with Crippen LogP contribution in [0.2, 0.25) is 0 Å². The Balaban J connectivity index is 3.75. The smallest absolute Gasteiger partial charge is 0.307 e. The molecule has 0 amide bonds. The highest BCUT2D eigenvalue weighted by atomic mass is 16.4. The van der Waals surface area contributed by atoms with Gasteiger partial charge in [0.15, 0.2) is 0 Å². The number of carboxylic acids is 1. The molecule has 0 saturated carbocycles. The fourth-order valence-corrected chi connectivity index (χ4v) is 1.71. The van der Waals surface area contributed by atoms with Gasteiger partial charge < -0.3 is 10.8 Å². The summed E-state index contributed by atoms with van der Waals surface area (Å²) < 4.78 is 0. The summed E-state index contributed by atoms with van der Waals surface area (Å²) in [6, 6.07) is -0.209. The summed E-state index contributed by atoms with van der Waals surface area (Å²) in [6.07, 6.45) is 5.69. The highest BCUT2D eigenvalue weighted by Gasteiger charge is 2.21. The summed E-state index contributed by atoms with van der Waals surface area (Å²) in [5.74, 6) is -0.685. The Bertz CT molecular complexity index is 182. The maximum Gasteiger partial charge on any atom is 0.307 e. The Hall–Kier alpha value is -0.570. The highest BCUT2D eigenvalue weighted by Crippen LogP contribution is 2.17. The van der Waals surface area contributed by atoms with E-state index < -0.39 is 11.9 Å². The van der Waals surface area contributed by atoms with E-state index in [1.807, 2.05) is 0 Å². The molecule has 15 heavy (non-hydrogen) atoms. The second-order valence-corrected chi connectivity index (χ2v) is 4.63. The molecular weight excluding hydrogens is 190 g/mol. The van der Waals surface area contributed by atoms with Gasteiger partial charge in [-0.3, -0.25) is 4.79 Å². The van der Waals surface area contributed by atoms with Crippen LogP contribution in [0.3, 0.4) is 0 Å². The third-order valence-electron chi connectivity index (χ3n) is 3.01. The van der Waals surface area contributed by atoms with Crippen molar-refractivity contribution in [1.29, 1.82) is 0 Å². The molecule has 1 unspecified atom stereocenters. The molecule has 0 aromatic carbocycles. The molecule has 0 aromatic heterocycles. The van der Waals surface area contributed by atoms with Crippen LogP contribution >= 0.6 is 0 Å². The molecule has 3 N–H and O–H groups in total. The van der Waals surface area contributed by atoms with Crippen LogP contribution in [-0.4, -0.2) is 17.1 Å². The largest absolute Gasteiger partial charge is 0.481 e. The zero-order chi connectivity index (χ0) is 11.8. The van der Waals surface area contributed by atoms with E-state index in [0.29, 0.717) is 5.92 Å². The molecule has 0 rings (SSSR count). The first-order valence-corrected chi connectivity index (χ1v) is 5.97. The number of carbonyl (C=O) groups is 1. The van der Waals surface area contributed by atoms with E-state index in [0.717, 1.165) is 12.8 Å². The van der Waals surface area contributed by atoms with Crippen LogP contribution < -0.4 is 5.73 Å². The molecule has 0 saturated heterocycles. The molecular formula is C12H25NO2. The van der Waals surface area contributed by atoms with Gasteiger partial charge in [0.2, 0.25) is 0 Å². The molecule has 3 heteroatoms. The number of nitrogens with two attached hydrogens (primary N) is 1. The lowest BCUT2D eigenvalue weighted by Gasteiger charge is -2.20. The van der Waals surface area contributed by atoms with Crippen LogP contribution in [0.4, 0.5) is 0 Å². The lowest BCUT2D eigenvalue weighted by Crippen LogP contribution is -2.34. The maximum absolute atomic E-state index is 10.7. The van der Waals surface area contributed by atoms with E-state index >= 15 is 0 Å². The molecule has 3 nitrogen and oxygen atoms in total. The van der Waals surface area contributed by atoms with Crippen LogP contribution in [0.25, 0.3) is 0 Å². The fraction of sp³-hybridized carbons (Fsp3) is 0.917. The van der Waals surface area contributed by atoms with Crippen molar-refractivity contribution in [3.05, 3.63) is 0 Å². The summed E-state index contributed by atoms with van der Waals surface area (Å²) in [5, 5.41) is 8.80. The summed E-state index contributed by atoms with van der Waals surface area (Å²) in [4.78, 5) is 10.7. The number of hydrogen-bond acceptors (Lipinski definition) is 2. The molecule has 0 bridgehead atoms. The summed E-state index contributed by atoms with van der Waals surface area (Å²) in [7, 11) is 0. The Morgan fingerprint density at radius 1 is 1.33 bits per heavy atom. The zero-order valence-electron chi connectivity index (χ0n) is 10.2. The lowest BCUT2D eigenvalue weighted by atomic mass is 9.90. The van der Waals surface area contributed by atoms with Crippen molar-refractivity contribution in [2.24, 2.45) is 17.6 Å². The minimum absolute atomic E-state index is 0.209. The van der Waals surface area contributed by atoms with Gasteiger partial charge in [-0.2, -0.15) is 0 Å². The predicted octanol–water partition coefficient (Wildman–Crippen LogP) is 2.64. The Kier molecular flexibility index (Phi) is 7.39. The Morgan fingerprint density at radius 2 is 1.93 bits per heavy atom. The van der Waals surface area contributed by atoms with Gasteiger partial charge in [0.25, 0.3) is 0 Å². The minimum atomic E-state index is -0.789. The Morgan fingerprint density at radius 3 is 2.40 bits per heavy atom. The Labute approximate surface area is 93.0 Å². The van der Waals surface area contributed by atoms with Crippen LogP contribution in [0.15, 0.2) is 0 Å². The molecule has 90 valence electrons. The second kappa shape index (κ2) is 7.69. The maximum atomic E-state index is 10.7. The SMILES string of the molecule is CCCCC[C@H](C)C[C@H](N)C(C)C(=O)O. The van der Waals surface area contributed by atoms with Crippen molar-refractivity contribution in [2.45, 2.75) is 58.9 Å². The summed E-state index contributed by atoms with van der Waals surface area (Å²) in [5.41, 5.74) is 5.84. The van der Waals surface area contributed by atoms with Gasteiger partial charge in [0.05, 0.1) is 5.92 Å². The molecule has 0 aromatic rings. The normalized spacial score (nSPS) is 17.1. The average molecular weight is 215 g/mol. The quantitative estimate of drug-likeness (QED) is 0.612. The van der Waals surface area contributed by atoms with Gasteiger partial charge in [0, 0.05) is 6.04 Å². The van der Waals surface area contributed by atoms with E-state index in [4.69, 9.17) is 10.8 Å².